The van der Waals surface area contributed by atoms with Crippen molar-refractivity contribution in [2.45, 2.75) is 11.8 Å². The average Bonchev–Trinajstić information content (AvgIpc) is 2.89. The number of hydrogen-bond acceptors (Lipinski definition) is 4. The molecule has 1 aromatic carbocycles. The van der Waals surface area contributed by atoms with Gasteiger partial charge in [0, 0.05) is 15.8 Å². The van der Waals surface area contributed by atoms with Crippen LogP contribution >= 0.6 is 34.7 Å². The summed E-state index contributed by atoms with van der Waals surface area (Å²) >= 11 is 8.78. The molecule has 5 heteroatoms. The van der Waals surface area contributed by atoms with Gasteiger partial charge in [0.1, 0.15) is 10.7 Å². The third kappa shape index (κ3) is 3.13. The van der Waals surface area contributed by atoms with E-state index in [-0.39, 0.29) is 11.7 Å². The number of aromatic nitrogens is 1. The molecule has 1 heterocycles. The number of ketones is 1. The van der Waals surface area contributed by atoms with Gasteiger partial charge in [-0.2, -0.15) is 0 Å². The van der Waals surface area contributed by atoms with Gasteiger partial charge in [0.15, 0.2) is 5.78 Å². The van der Waals surface area contributed by atoms with Crippen molar-refractivity contribution in [1.82, 2.24) is 4.98 Å². The molecule has 2 rings (SSSR count). The van der Waals surface area contributed by atoms with Gasteiger partial charge in [0.25, 0.3) is 0 Å². The van der Waals surface area contributed by atoms with E-state index in [1.807, 2.05) is 12.1 Å². The van der Waals surface area contributed by atoms with Crippen LogP contribution in [-0.4, -0.2) is 22.4 Å². The number of thioether (sulfide) groups is 1. The van der Waals surface area contributed by atoms with E-state index in [1.54, 1.807) is 17.1 Å². The summed E-state index contributed by atoms with van der Waals surface area (Å²) in [5.74, 6) is 0.914. The Morgan fingerprint density at radius 3 is 2.72 bits per heavy atom. The van der Waals surface area contributed by atoms with Gasteiger partial charge in [0.05, 0.1) is 5.88 Å². The minimum absolute atomic E-state index is 0.0186. The van der Waals surface area contributed by atoms with Crippen LogP contribution in [0.25, 0.3) is 10.6 Å². The molecule has 2 aromatic rings. The summed E-state index contributed by atoms with van der Waals surface area (Å²) in [4.78, 5) is 17.0. The summed E-state index contributed by atoms with van der Waals surface area (Å²) in [7, 11) is 0. The first kappa shape index (κ1) is 13.6. The second-order valence-electron chi connectivity index (χ2n) is 3.55. The maximum absolute atomic E-state index is 11.4. The van der Waals surface area contributed by atoms with Crippen LogP contribution in [0.2, 0.25) is 0 Å². The first-order chi connectivity index (χ1) is 8.74. The molecule has 0 atom stereocenters. The van der Waals surface area contributed by atoms with Gasteiger partial charge >= 0.3 is 0 Å². The number of carbonyl (C=O) groups is 1. The normalized spacial score (nSPS) is 10.6. The van der Waals surface area contributed by atoms with Crippen molar-refractivity contribution in [1.29, 1.82) is 0 Å². The van der Waals surface area contributed by atoms with Crippen molar-refractivity contribution < 1.29 is 4.79 Å². The Bertz CT molecular complexity index is 536. The molecule has 94 valence electrons. The Balaban J connectivity index is 2.20. The quantitative estimate of drug-likeness (QED) is 0.467. The van der Waals surface area contributed by atoms with E-state index in [4.69, 9.17) is 11.6 Å². The maximum Gasteiger partial charge on any atom is 0.196 e. The van der Waals surface area contributed by atoms with E-state index in [0.717, 1.165) is 16.3 Å². The number of hydrogen-bond donors (Lipinski definition) is 0. The van der Waals surface area contributed by atoms with E-state index < -0.39 is 0 Å². The summed E-state index contributed by atoms with van der Waals surface area (Å²) in [6.07, 6.45) is 0. The molecule has 0 saturated heterocycles. The molecule has 0 bridgehead atoms. The molecule has 0 aliphatic carbocycles. The van der Waals surface area contributed by atoms with E-state index in [2.05, 4.69) is 24.0 Å². The van der Waals surface area contributed by atoms with Gasteiger partial charge in [-0.15, -0.1) is 34.7 Å². The number of nitrogens with zero attached hydrogens (tertiary/aromatic N) is 1. The Labute approximate surface area is 119 Å². The fraction of sp³-hybridized carbons (Fsp3) is 0.231. The molecule has 0 fully saturated rings. The van der Waals surface area contributed by atoms with Gasteiger partial charge in [0.2, 0.25) is 0 Å². The number of thiazole rings is 1. The Morgan fingerprint density at radius 2 is 2.11 bits per heavy atom. The zero-order chi connectivity index (χ0) is 13.0. The predicted octanol–water partition coefficient (Wildman–Crippen LogP) is 4.34. The van der Waals surface area contributed by atoms with Gasteiger partial charge in [-0.3, -0.25) is 4.79 Å². The lowest BCUT2D eigenvalue weighted by Gasteiger charge is -1.99. The fourth-order valence-corrected chi connectivity index (χ4v) is 3.09. The van der Waals surface area contributed by atoms with Crippen LogP contribution in [0.4, 0.5) is 0 Å². The number of alkyl halides is 1. The minimum Gasteiger partial charge on any atom is -0.291 e. The molecular formula is C13H12ClNOS2. The first-order valence-electron chi connectivity index (χ1n) is 5.52. The van der Waals surface area contributed by atoms with Crippen LogP contribution in [0, 0.1) is 0 Å². The first-order valence-corrected chi connectivity index (χ1v) is 7.92. The summed E-state index contributed by atoms with van der Waals surface area (Å²) in [5.41, 5.74) is 1.49. The second-order valence-corrected chi connectivity index (χ2v) is 6.01. The van der Waals surface area contributed by atoms with Gasteiger partial charge in [-0.1, -0.05) is 19.1 Å². The van der Waals surface area contributed by atoms with Crippen LogP contribution in [0.15, 0.2) is 34.5 Å². The number of benzene rings is 1. The topological polar surface area (TPSA) is 30.0 Å². The van der Waals surface area contributed by atoms with Crippen LogP contribution in [0.1, 0.15) is 17.4 Å². The van der Waals surface area contributed by atoms with Crippen LogP contribution in [0.5, 0.6) is 0 Å². The lowest BCUT2D eigenvalue weighted by atomic mass is 10.2. The van der Waals surface area contributed by atoms with Crippen molar-refractivity contribution in [3.05, 3.63) is 35.3 Å². The van der Waals surface area contributed by atoms with E-state index in [9.17, 15) is 4.79 Å². The summed E-state index contributed by atoms with van der Waals surface area (Å²) in [5, 5.41) is 2.62. The molecule has 0 spiro atoms. The molecule has 0 amide bonds. The van der Waals surface area contributed by atoms with Crippen molar-refractivity contribution in [2.75, 3.05) is 11.6 Å². The van der Waals surface area contributed by atoms with E-state index in [1.165, 1.54) is 16.2 Å². The molecule has 0 aliphatic heterocycles. The van der Waals surface area contributed by atoms with Crippen molar-refractivity contribution in [2.24, 2.45) is 0 Å². The zero-order valence-corrected chi connectivity index (χ0v) is 12.2. The predicted molar refractivity (Wildman–Crippen MR) is 79.0 cm³/mol. The van der Waals surface area contributed by atoms with Crippen LogP contribution in [-0.2, 0) is 0 Å². The molecule has 18 heavy (non-hydrogen) atoms. The maximum atomic E-state index is 11.4. The molecular weight excluding hydrogens is 286 g/mol. The molecule has 0 unspecified atom stereocenters. The number of carbonyl (C=O) groups excluding carboxylic acids is 1. The van der Waals surface area contributed by atoms with Crippen molar-refractivity contribution >= 4 is 40.5 Å². The third-order valence-corrected chi connectivity index (χ3v) is 4.35. The van der Waals surface area contributed by atoms with Crippen molar-refractivity contribution in [3.8, 4) is 10.6 Å². The summed E-state index contributed by atoms with van der Waals surface area (Å²) in [6.45, 7) is 2.13. The highest BCUT2D eigenvalue weighted by Gasteiger charge is 2.10. The van der Waals surface area contributed by atoms with E-state index in [0.29, 0.717) is 5.69 Å². The van der Waals surface area contributed by atoms with Gasteiger partial charge in [-0.25, -0.2) is 4.98 Å². The molecule has 2 nitrogen and oxygen atoms in total. The fourth-order valence-electron chi connectivity index (χ4n) is 1.46. The zero-order valence-electron chi connectivity index (χ0n) is 9.85. The lowest BCUT2D eigenvalue weighted by molar-refractivity contribution is 0.101. The van der Waals surface area contributed by atoms with Crippen LogP contribution in [0.3, 0.4) is 0 Å². The third-order valence-electron chi connectivity index (χ3n) is 2.32. The number of rotatable bonds is 5. The largest absolute Gasteiger partial charge is 0.291 e. The highest BCUT2D eigenvalue weighted by atomic mass is 35.5. The molecule has 1 aromatic heterocycles. The second kappa shape index (κ2) is 6.36. The van der Waals surface area contributed by atoms with Gasteiger partial charge < -0.3 is 0 Å². The number of halogens is 1. The Hall–Kier alpha value is -0.840. The van der Waals surface area contributed by atoms with Crippen LogP contribution < -0.4 is 0 Å². The smallest absolute Gasteiger partial charge is 0.196 e. The standard InChI is InChI=1S/C13H12ClNOS2/c1-2-17-10-5-3-9(4-6-10)13-15-11(8-18-13)12(16)7-14/h3-6,8H,2,7H2,1H3. The molecule has 0 aliphatic rings. The molecule has 0 saturated carbocycles. The Kier molecular flexibility index (Phi) is 4.80. The SMILES string of the molecule is CCSc1ccc(-c2nc(C(=O)CCl)cs2)cc1. The highest BCUT2D eigenvalue weighted by molar-refractivity contribution is 7.99. The monoisotopic (exact) mass is 297 g/mol. The number of Topliss-reactive ketones (excluding diaryl/α,β-unsaturated/α-hetero) is 1. The van der Waals surface area contributed by atoms with E-state index >= 15 is 0 Å². The molecule has 0 N–H and O–H groups in total. The summed E-state index contributed by atoms with van der Waals surface area (Å²) in [6, 6.07) is 8.22. The lowest BCUT2D eigenvalue weighted by Crippen LogP contribution is -1.99. The minimum atomic E-state index is -0.127. The highest BCUT2D eigenvalue weighted by Crippen LogP contribution is 2.26. The van der Waals surface area contributed by atoms with Crippen molar-refractivity contribution in [3.63, 3.8) is 0 Å². The van der Waals surface area contributed by atoms with Gasteiger partial charge in [-0.05, 0) is 17.9 Å². The summed E-state index contributed by atoms with van der Waals surface area (Å²) < 4.78 is 0. The molecule has 0 radical (unpaired) electrons. The Morgan fingerprint density at radius 1 is 1.39 bits per heavy atom. The average molecular weight is 298 g/mol.